The topological polar surface area (TPSA) is 3.24 Å². The van der Waals surface area contributed by atoms with Crippen LogP contribution in [0.2, 0.25) is 0 Å². The lowest BCUT2D eigenvalue weighted by molar-refractivity contribution is 0.768. The van der Waals surface area contributed by atoms with E-state index in [4.69, 9.17) is 0 Å². The predicted molar refractivity (Wildman–Crippen MR) is 270 cm³/mol. The Labute approximate surface area is 374 Å². The molecule has 1 aliphatic carbocycles. The molecule has 64 heavy (non-hydrogen) atoms. The average molecular weight is 814 g/mol. The van der Waals surface area contributed by atoms with Crippen molar-refractivity contribution in [2.24, 2.45) is 0 Å². The van der Waals surface area contributed by atoms with Crippen LogP contribution in [-0.4, -0.2) is 0 Å². The van der Waals surface area contributed by atoms with E-state index in [1.54, 1.807) is 0 Å². The van der Waals surface area contributed by atoms with E-state index in [0.29, 0.717) is 0 Å². The van der Waals surface area contributed by atoms with Crippen molar-refractivity contribution in [2.45, 2.75) is 5.41 Å². The average Bonchev–Trinajstić information content (AvgIpc) is 3.68. The third kappa shape index (κ3) is 6.24. The number of anilines is 3. The fourth-order valence-corrected chi connectivity index (χ4v) is 10.3. The van der Waals surface area contributed by atoms with E-state index in [-0.39, 0.29) is 0 Å². The Morgan fingerprint density at radius 3 is 1.47 bits per heavy atom. The van der Waals surface area contributed by atoms with E-state index >= 15 is 0 Å². The number of nitrogens with zero attached hydrogens (tertiary/aromatic N) is 1. The number of hydrogen-bond donors (Lipinski definition) is 0. The molecule has 1 heteroatoms. The Kier molecular flexibility index (Phi) is 9.13. The number of rotatable bonds is 8. The highest BCUT2D eigenvalue weighted by Crippen LogP contribution is 2.57. The second-order valence-corrected chi connectivity index (χ2v) is 16.9. The minimum Gasteiger partial charge on any atom is -0.310 e. The molecule has 0 spiro atoms. The smallest absolute Gasteiger partial charge is 0.0714 e. The van der Waals surface area contributed by atoms with Crippen molar-refractivity contribution in [1.29, 1.82) is 0 Å². The van der Waals surface area contributed by atoms with Crippen LogP contribution in [0, 0.1) is 0 Å². The Morgan fingerprint density at radius 2 is 0.734 bits per heavy atom. The van der Waals surface area contributed by atoms with Crippen molar-refractivity contribution in [3.05, 3.63) is 283 Å². The summed E-state index contributed by atoms with van der Waals surface area (Å²) in [6.07, 6.45) is 0. The summed E-state index contributed by atoms with van der Waals surface area (Å²) in [4.78, 5) is 2.44. The van der Waals surface area contributed by atoms with Crippen LogP contribution in [-0.2, 0) is 5.41 Å². The third-order valence-corrected chi connectivity index (χ3v) is 13.3. The molecule has 0 atom stereocenters. The van der Waals surface area contributed by atoms with E-state index in [2.05, 4.69) is 266 Å². The first kappa shape index (κ1) is 37.5. The fourth-order valence-electron chi connectivity index (χ4n) is 10.3. The molecule has 0 radical (unpaired) electrons. The van der Waals surface area contributed by atoms with Gasteiger partial charge in [-0.05, 0) is 137 Å². The second kappa shape index (κ2) is 15.6. The summed E-state index contributed by atoms with van der Waals surface area (Å²) < 4.78 is 0. The lowest BCUT2D eigenvalue weighted by atomic mass is 9.67. The first-order valence-corrected chi connectivity index (χ1v) is 22.2. The van der Waals surface area contributed by atoms with E-state index in [1.807, 2.05) is 0 Å². The van der Waals surface area contributed by atoms with Crippen LogP contribution in [0.3, 0.4) is 0 Å². The second-order valence-electron chi connectivity index (χ2n) is 16.9. The molecular weight excluding hydrogens is 771 g/mol. The zero-order chi connectivity index (χ0) is 42.5. The molecule has 0 aliphatic heterocycles. The van der Waals surface area contributed by atoms with Crippen LogP contribution in [0.1, 0.15) is 22.3 Å². The van der Waals surface area contributed by atoms with E-state index < -0.39 is 5.41 Å². The van der Waals surface area contributed by atoms with Crippen LogP contribution in [0.25, 0.3) is 66.1 Å². The van der Waals surface area contributed by atoms with Crippen molar-refractivity contribution in [1.82, 2.24) is 0 Å². The summed E-state index contributed by atoms with van der Waals surface area (Å²) in [6, 6.07) is 95.9. The van der Waals surface area contributed by atoms with Crippen LogP contribution in [0.5, 0.6) is 0 Å². The molecule has 11 aromatic rings. The zero-order valence-electron chi connectivity index (χ0n) is 35.3. The summed E-state index contributed by atoms with van der Waals surface area (Å²) in [5, 5.41) is 5.03. The first-order chi connectivity index (χ1) is 31.7. The molecule has 11 aromatic carbocycles. The van der Waals surface area contributed by atoms with Gasteiger partial charge >= 0.3 is 0 Å². The number of hydrogen-bond acceptors (Lipinski definition) is 1. The summed E-state index contributed by atoms with van der Waals surface area (Å²) in [6.45, 7) is 0. The molecule has 0 aromatic heterocycles. The van der Waals surface area contributed by atoms with E-state index in [9.17, 15) is 0 Å². The first-order valence-electron chi connectivity index (χ1n) is 22.2. The Morgan fingerprint density at radius 1 is 0.250 bits per heavy atom. The lowest BCUT2D eigenvalue weighted by Gasteiger charge is -2.35. The normalized spacial score (nSPS) is 12.5. The Balaban J connectivity index is 1.04. The van der Waals surface area contributed by atoms with Crippen LogP contribution in [0.4, 0.5) is 17.1 Å². The summed E-state index contributed by atoms with van der Waals surface area (Å²) in [5.74, 6) is 0. The van der Waals surface area contributed by atoms with Crippen LogP contribution in [0.15, 0.2) is 261 Å². The highest BCUT2D eigenvalue weighted by molar-refractivity contribution is 6.08. The summed E-state index contributed by atoms with van der Waals surface area (Å²) in [5.41, 5.74) is 17.5. The molecule has 1 nitrogen and oxygen atoms in total. The molecule has 1 aliphatic rings. The van der Waals surface area contributed by atoms with E-state index in [1.165, 1.54) is 88.3 Å². The minimum atomic E-state index is -0.514. The Hall–Kier alpha value is -8.26. The molecule has 0 heterocycles. The van der Waals surface area contributed by atoms with Gasteiger partial charge in [-0.1, -0.05) is 212 Å². The largest absolute Gasteiger partial charge is 0.310 e. The zero-order valence-corrected chi connectivity index (χ0v) is 35.3. The summed E-state index contributed by atoms with van der Waals surface area (Å²) >= 11 is 0. The van der Waals surface area contributed by atoms with Gasteiger partial charge in [0, 0.05) is 17.1 Å². The molecule has 0 unspecified atom stereocenters. The standard InChI is InChI=1S/C63H43N/c1-4-16-44(17-5-1)48-19-14-20-49(40-48)45-34-36-54(37-35-45)64(55-26-15-21-50(41-55)51-33-32-47-31-30-46-18-10-11-27-57(46)60(47)42-51)56-38-39-59-58-28-12-13-29-61(58)63(62(59)43-56,52-22-6-2-7-23-52)53-24-8-3-9-25-53/h1-43H. The number of fused-ring (bicyclic) bond motifs is 6. The number of benzene rings is 11. The van der Waals surface area contributed by atoms with E-state index in [0.717, 1.165) is 17.1 Å². The van der Waals surface area contributed by atoms with Gasteiger partial charge in [-0.15, -0.1) is 0 Å². The maximum atomic E-state index is 2.46. The predicted octanol–water partition coefficient (Wildman–Crippen LogP) is 16.8. The molecule has 0 fully saturated rings. The lowest BCUT2D eigenvalue weighted by Crippen LogP contribution is -2.28. The van der Waals surface area contributed by atoms with Gasteiger partial charge in [0.1, 0.15) is 0 Å². The van der Waals surface area contributed by atoms with Gasteiger partial charge in [0.15, 0.2) is 0 Å². The van der Waals surface area contributed by atoms with Crippen molar-refractivity contribution in [2.75, 3.05) is 4.90 Å². The molecular formula is C63H43N. The Bertz CT molecular complexity index is 3440. The quantitative estimate of drug-likeness (QED) is 0.138. The van der Waals surface area contributed by atoms with Gasteiger partial charge in [0.25, 0.3) is 0 Å². The maximum absolute atomic E-state index is 2.46. The molecule has 0 saturated carbocycles. The van der Waals surface area contributed by atoms with Crippen molar-refractivity contribution in [3.8, 4) is 44.5 Å². The maximum Gasteiger partial charge on any atom is 0.0714 e. The molecule has 0 amide bonds. The molecule has 0 saturated heterocycles. The third-order valence-electron chi connectivity index (χ3n) is 13.3. The highest BCUT2D eigenvalue weighted by Gasteiger charge is 2.46. The SMILES string of the molecule is c1ccc(-c2cccc(-c3ccc(N(c4cccc(-c5ccc6ccc7ccccc7c6c5)c4)c4ccc5c(c4)C(c4ccccc4)(c4ccccc4)c4ccccc4-5)cc3)c2)cc1. The molecule has 300 valence electrons. The van der Waals surface area contributed by atoms with Gasteiger partial charge in [-0.25, -0.2) is 0 Å². The van der Waals surface area contributed by atoms with Gasteiger partial charge in [-0.3, -0.25) is 0 Å². The summed E-state index contributed by atoms with van der Waals surface area (Å²) in [7, 11) is 0. The minimum absolute atomic E-state index is 0.514. The van der Waals surface area contributed by atoms with Gasteiger partial charge < -0.3 is 4.90 Å². The molecule has 0 bridgehead atoms. The van der Waals surface area contributed by atoms with Crippen LogP contribution < -0.4 is 4.90 Å². The van der Waals surface area contributed by atoms with Gasteiger partial charge in [-0.2, -0.15) is 0 Å². The molecule has 12 rings (SSSR count). The van der Waals surface area contributed by atoms with Crippen LogP contribution >= 0.6 is 0 Å². The van der Waals surface area contributed by atoms with Crippen molar-refractivity contribution < 1.29 is 0 Å². The van der Waals surface area contributed by atoms with Crippen molar-refractivity contribution >= 4 is 38.6 Å². The van der Waals surface area contributed by atoms with Crippen molar-refractivity contribution in [3.63, 3.8) is 0 Å². The fraction of sp³-hybridized carbons (Fsp3) is 0.0159. The monoisotopic (exact) mass is 813 g/mol. The van der Waals surface area contributed by atoms with Gasteiger partial charge in [0.2, 0.25) is 0 Å². The highest BCUT2D eigenvalue weighted by atomic mass is 15.1. The van der Waals surface area contributed by atoms with Gasteiger partial charge in [0.05, 0.1) is 5.41 Å². The molecule has 0 N–H and O–H groups in total.